The van der Waals surface area contributed by atoms with Gasteiger partial charge in [0.1, 0.15) is 41.0 Å². The van der Waals surface area contributed by atoms with Gasteiger partial charge in [0, 0.05) is 71.7 Å². The molecule has 1 fully saturated rings. The first-order valence-electron chi connectivity index (χ1n) is 32.2. The summed E-state index contributed by atoms with van der Waals surface area (Å²) in [5.74, 6) is -11.5. The number of benzene rings is 1. The first-order chi connectivity index (χ1) is 46.2. The SMILES string of the molecule is CCC(CC(=O)O)C(=O)NC/C(N)=C/NCCOCCOCCOCCOCCOCCSCc1c(O)ccc2c3c([nH]c12)S(=O)CC(NC(=O)CNC(=O)[C@@H](NC(=O)CN)[C@@H](C)CC)C(=O)N[C@@H](CC(N)=O)C(=O)N1C[C@H](O)CC1C(=O)N[C@@H]([C@@H](C)[C@@H](O)CO)C(=O)N[C@H](C)C3. The number of rotatable bonds is 40. The Balaban J connectivity index is 1.43. The molecule has 0 radical (unpaired) electrons. The number of phenolic OH excluding ortho intramolecular Hbond substituents is 1. The van der Waals surface area contributed by atoms with Crippen molar-refractivity contribution in [3.05, 3.63) is 35.2 Å². The Labute approximate surface area is 569 Å². The van der Waals surface area contributed by atoms with E-state index in [1.807, 2.05) is 0 Å². The molecule has 0 saturated carbocycles. The molecular weight excluding hydrogens is 1310 g/mol. The number of carbonyl (C=O) groups is 10. The minimum Gasteiger partial charge on any atom is -0.508 e. The Morgan fingerprint density at radius 1 is 0.835 bits per heavy atom. The predicted molar refractivity (Wildman–Crippen MR) is 354 cm³/mol. The van der Waals surface area contributed by atoms with E-state index in [2.05, 4.69) is 47.5 Å². The molecule has 2 aromatic rings. The summed E-state index contributed by atoms with van der Waals surface area (Å²) in [6, 6.07) is -5.79. The van der Waals surface area contributed by atoms with Crippen LogP contribution in [0.4, 0.5) is 0 Å². The van der Waals surface area contributed by atoms with Crippen molar-refractivity contribution in [2.24, 2.45) is 35.0 Å². The maximum atomic E-state index is 15.1. The Morgan fingerprint density at radius 2 is 1.46 bits per heavy atom. The Bertz CT molecular complexity index is 3000. The molecule has 546 valence electrons. The number of aliphatic carboxylic acids is 1. The van der Waals surface area contributed by atoms with Gasteiger partial charge in [-0.15, -0.1) is 0 Å². The highest BCUT2D eigenvalue weighted by Gasteiger charge is 2.45. The number of ether oxygens (including phenoxy) is 5. The van der Waals surface area contributed by atoms with Crippen LogP contribution in [-0.4, -0.2) is 264 Å². The molecule has 1 aromatic carbocycles. The molecule has 2 aliphatic rings. The van der Waals surface area contributed by atoms with Crippen molar-refractivity contribution in [3.8, 4) is 5.75 Å². The average Bonchev–Trinajstić information content (AvgIpc) is 1.63. The number of aliphatic hydroxyl groups is 3. The third kappa shape index (κ3) is 27.5. The summed E-state index contributed by atoms with van der Waals surface area (Å²) in [5.41, 5.74) is 18.3. The lowest BCUT2D eigenvalue weighted by molar-refractivity contribution is -0.144. The van der Waals surface area contributed by atoms with Crippen LogP contribution < -0.4 is 59.7 Å². The highest BCUT2D eigenvalue weighted by atomic mass is 32.2. The fourth-order valence-corrected chi connectivity index (χ4v) is 12.6. The third-order valence-corrected chi connectivity index (χ3v) is 18.4. The second-order valence-electron chi connectivity index (χ2n) is 23.4. The van der Waals surface area contributed by atoms with Crippen LogP contribution in [-0.2, 0) is 94.6 Å². The summed E-state index contributed by atoms with van der Waals surface area (Å²) >= 11 is 1.39. The number of nitrogens with one attached hydrogen (secondary N) is 9. The van der Waals surface area contributed by atoms with Gasteiger partial charge in [0.25, 0.3) is 0 Å². The molecule has 1 aromatic heterocycles. The molecule has 3 heterocycles. The molecule has 0 aliphatic carbocycles. The number of aromatic amines is 1. The van der Waals surface area contributed by atoms with Crippen LogP contribution in [0.2, 0.25) is 0 Å². The second-order valence-corrected chi connectivity index (χ2v) is 26.0. The van der Waals surface area contributed by atoms with Crippen LogP contribution in [0.5, 0.6) is 5.75 Å². The van der Waals surface area contributed by atoms with Gasteiger partial charge in [0.15, 0.2) is 0 Å². The smallest absolute Gasteiger partial charge is 0.304 e. The molecular formula is C61H99N13O21S2. The maximum Gasteiger partial charge on any atom is 0.304 e. The summed E-state index contributed by atoms with van der Waals surface area (Å²) in [7, 11) is -2.35. The number of amides is 9. The normalized spacial score (nSPS) is 21.3. The zero-order chi connectivity index (χ0) is 71.7. The van der Waals surface area contributed by atoms with Crippen molar-refractivity contribution in [1.82, 2.24) is 52.4 Å². The predicted octanol–water partition coefficient (Wildman–Crippen LogP) is -4.75. The van der Waals surface area contributed by atoms with E-state index in [0.29, 0.717) is 99.1 Å². The van der Waals surface area contributed by atoms with Crippen LogP contribution in [0.1, 0.15) is 77.8 Å². The molecule has 0 bridgehead atoms. The van der Waals surface area contributed by atoms with E-state index in [1.54, 1.807) is 40.0 Å². The van der Waals surface area contributed by atoms with Crippen molar-refractivity contribution in [1.29, 1.82) is 0 Å². The number of fused-ring (bicyclic) bond motifs is 4. The summed E-state index contributed by atoms with van der Waals surface area (Å²) < 4.78 is 43.1. The number of aliphatic hydroxyl groups excluding tert-OH is 3. The number of primary amides is 1. The van der Waals surface area contributed by atoms with E-state index in [-0.39, 0.29) is 68.1 Å². The number of carboxylic acids is 1. The maximum absolute atomic E-state index is 15.1. The van der Waals surface area contributed by atoms with E-state index in [0.717, 1.165) is 4.90 Å². The zero-order valence-electron chi connectivity index (χ0n) is 55.5. The van der Waals surface area contributed by atoms with Crippen LogP contribution in [0.15, 0.2) is 29.1 Å². The van der Waals surface area contributed by atoms with E-state index < -0.39 is 169 Å². The molecule has 0 spiro atoms. The van der Waals surface area contributed by atoms with Crippen LogP contribution in [0.3, 0.4) is 0 Å². The molecule has 2 aliphatic heterocycles. The third-order valence-electron chi connectivity index (χ3n) is 16.0. The van der Waals surface area contributed by atoms with Gasteiger partial charge in [-0.2, -0.15) is 11.8 Å². The molecule has 4 unspecified atom stereocenters. The summed E-state index contributed by atoms with van der Waals surface area (Å²) in [4.78, 5) is 137. The van der Waals surface area contributed by atoms with Gasteiger partial charge < -0.3 is 119 Å². The van der Waals surface area contributed by atoms with Gasteiger partial charge in [-0.05, 0) is 43.4 Å². The number of carbonyl (C=O) groups excluding carboxylic acids is 9. The topological polar surface area (TPSA) is 528 Å². The number of aromatic nitrogens is 1. The second kappa shape index (κ2) is 43.2. The number of thioether (sulfide) groups is 1. The van der Waals surface area contributed by atoms with Gasteiger partial charge in [0.2, 0.25) is 53.2 Å². The van der Waals surface area contributed by atoms with Gasteiger partial charge in [-0.1, -0.05) is 34.1 Å². The number of nitrogens with zero attached hydrogens (tertiary/aromatic N) is 1. The van der Waals surface area contributed by atoms with Crippen molar-refractivity contribution in [2.45, 2.75) is 132 Å². The van der Waals surface area contributed by atoms with Gasteiger partial charge in [0.05, 0.1) is 139 Å². The fourth-order valence-electron chi connectivity index (χ4n) is 10.3. The molecule has 36 heteroatoms. The Kier molecular flexibility index (Phi) is 36.6. The highest BCUT2D eigenvalue weighted by molar-refractivity contribution is 7.98. The lowest BCUT2D eigenvalue weighted by Gasteiger charge is -2.32. The van der Waals surface area contributed by atoms with Crippen LogP contribution in [0, 0.1) is 17.8 Å². The zero-order valence-corrected chi connectivity index (χ0v) is 57.2. The quantitative estimate of drug-likeness (QED) is 0.0279. The van der Waals surface area contributed by atoms with Crippen molar-refractivity contribution in [3.63, 3.8) is 0 Å². The fraction of sp³-hybridized carbons (Fsp3) is 0.672. The molecule has 4 rings (SSSR count). The number of hydrogen-bond acceptors (Lipinski definition) is 24. The first kappa shape index (κ1) is 82.2. The van der Waals surface area contributed by atoms with Gasteiger partial charge in [-0.25, -0.2) is 0 Å². The van der Waals surface area contributed by atoms with Crippen molar-refractivity contribution < 1.29 is 101 Å². The summed E-state index contributed by atoms with van der Waals surface area (Å²) in [6.07, 6.45) is -2.10. The molecule has 9 amide bonds. The first-order valence-corrected chi connectivity index (χ1v) is 34.6. The molecule has 97 heavy (non-hydrogen) atoms. The molecule has 1 saturated heterocycles. The lowest BCUT2D eigenvalue weighted by Crippen LogP contribution is -2.61. The highest BCUT2D eigenvalue weighted by Crippen LogP contribution is 2.36. The largest absolute Gasteiger partial charge is 0.508 e. The Hall–Kier alpha value is -7.26. The number of carboxylic acid groups (broad SMARTS) is 1. The monoisotopic (exact) mass is 1410 g/mol. The lowest BCUT2D eigenvalue weighted by atomic mass is 9.94. The number of nitrogens with two attached hydrogens (primary N) is 3. The molecule has 20 N–H and O–H groups in total. The molecule has 34 nitrogen and oxygen atoms in total. The van der Waals surface area contributed by atoms with E-state index in [9.17, 15) is 68.4 Å². The van der Waals surface area contributed by atoms with E-state index in [4.69, 9.17) is 46.0 Å². The van der Waals surface area contributed by atoms with E-state index >= 15 is 4.21 Å². The van der Waals surface area contributed by atoms with Gasteiger partial charge >= 0.3 is 5.97 Å². The Morgan fingerprint density at radius 3 is 2.06 bits per heavy atom. The van der Waals surface area contributed by atoms with E-state index in [1.165, 1.54) is 24.8 Å². The van der Waals surface area contributed by atoms with Gasteiger partial charge in [-0.3, -0.25) is 52.2 Å². The molecule has 12 atom stereocenters. The minimum atomic E-state index is -2.35. The summed E-state index contributed by atoms with van der Waals surface area (Å²) in [5, 5.41) is 73.1. The van der Waals surface area contributed by atoms with Crippen molar-refractivity contribution in [2.75, 3.05) is 117 Å². The number of H-pyrrole nitrogens is 1. The van der Waals surface area contributed by atoms with Crippen molar-refractivity contribution >= 4 is 92.6 Å². The number of aromatic hydroxyl groups is 1. The van der Waals surface area contributed by atoms with Crippen LogP contribution >= 0.6 is 11.8 Å². The standard InChI is InChI=1S/C61H99N13O21S2/c1-6-34(3)52(71-49(80)26-62)58(87)67-29-50(81)69-44-33-97(90)60-41(22-35(4)68-59(88)53(36(5)47(78)31-75)72-57(86)45-24-39(76)30-74(45)61(89)43(25-48(64)79)70-56(44)85)40-8-9-46(77)42(54(40)73-60)32-96-21-20-95-19-18-94-17-16-93-15-14-92-13-12-91-11-10-65-27-38(63)28-66-55(84)37(7-2)23-51(82)83/h8-9,27,34-37,39,43-45,47,52-53,65,73,75-78H,6-7,10-26,28-33,62-63H2,1-5H3,(H2,64,79)(H,66,84)(H,67,87)(H,68,88)(H,69,81)(H,70,85)(H,71,80)(H,72,86)(H,82,83)/b38-27-/t34-,35+,36-,37?,39+,43-,44?,45?,47-,52-,53-,97?/m0/s1. The van der Waals surface area contributed by atoms with Crippen LogP contribution in [0.25, 0.3) is 10.9 Å². The number of phenols is 1. The summed E-state index contributed by atoms with van der Waals surface area (Å²) in [6.45, 7) is 9.41. The minimum absolute atomic E-state index is 0.0254. The number of hydrogen-bond donors (Lipinski definition) is 17. The average molecular weight is 1410 g/mol.